The van der Waals surface area contributed by atoms with Crippen LogP contribution in [0, 0.1) is 13.8 Å². The number of hydrogen-bond donors (Lipinski definition) is 2. The van der Waals surface area contributed by atoms with E-state index in [9.17, 15) is 9.90 Å². The Bertz CT molecular complexity index is 592. The van der Waals surface area contributed by atoms with Crippen LogP contribution in [0.2, 0.25) is 0 Å². The smallest absolute Gasteiger partial charge is 0.362 e. The average molecular weight is 303 g/mol. The molecule has 22 heavy (non-hydrogen) atoms. The number of nitrogens with one attached hydrogen (secondary N) is 1. The molecule has 0 saturated carbocycles. The second-order valence-electron chi connectivity index (χ2n) is 5.30. The maximum atomic E-state index is 11.6. The van der Waals surface area contributed by atoms with Crippen LogP contribution in [0.25, 0.3) is 0 Å². The number of aliphatic hydroxyl groups is 1. The van der Waals surface area contributed by atoms with Gasteiger partial charge in [-0.05, 0) is 43.5 Å². The molecular weight excluding hydrogens is 282 g/mol. The molecule has 5 heteroatoms. The number of ether oxygens (including phenoxy) is 1. The maximum Gasteiger partial charge on any atom is 0.362 e. The van der Waals surface area contributed by atoms with Crippen molar-refractivity contribution in [3.8, 4) is 5.75 Å². The summed E-state index contributed by atoms with van der Waals surface area (Å²) in [6, 6.07) is 5.60. The molecule has 0 heterocycles. The number of benzene rings is 1. The lowest BCUT2D eigenvalue weighted by Gasteiger charge is -2.13. The first-order valence-corrected chi connectivity index (χ1v) is 7.22. The van der Waals surface area contributed by atoms with Gasteiger partial charge in [-0.25, -0.2) is 4.79 Å². The molecule has 1 aliphatic rings. The Balaban J connectivity index is 1.68. The molecule has 0 radical (unpaired) electrons. The Morgan fingerprint density at radius 3 is 2.86 bits per heavy atom. The third kappa shape index (κ3) is 5.02. The molecule has 0 fully saturated rings. The van der Waals surface area contributed by atoms with Crippen molar-refractivity contribution in [2.24, 2.45) is 0 Å². The standard InChI is InChI=1S/C17H21NO4/c1-12-7-8-15(9-13(12)2)21-11-17(20)22-18-16(19)10-14-5-3-4-6-14/h3-5,7-9,16,18-19H,6,10-11H2,1-2H3/t16-/m1/s1. The predicted octanol–water partition coefficient (Wildman–Crippen LogP) is 2.32. The van der Waals surface area contributed by atoms with Crippen LogP contribution in [0.5, 0.6) is 5.75 Å². The summed E-state index contributed by atoms with van der Waals surface area (Å²) < 4.78 is 5.35. The zero-order valence-electron chi connectivity index (χ0n) is 12.8. The van der Waals surface area contributed by atoms with Crippen LogP contribution >= 0.6 is 0 Å². The number of rotatable bonds is 7. The van der Waals surface area contributed by atoms with E-state index in [2.05, 4.69) is 5.48 Å². The summed E-state index contributed by atoms with van der Waals surface area (Å²) in [5.41, 5.74) is 5.67. The van der Waals surface area contributed by atoms with Crippen molar-refractivity contribution in [2.75, 3.05) is 6.61 Å². The van der Waals surface area contributed by atoms with Crippen molar-refractivity contribution in [3.05, 3.63) is 53.1 Å². The Morgan fingerprint density at radius 2 is 2.18 bits per heavy atom. The van der Waals surface area contributed by atoms with E-state index in [1.54, 1.807) is 6.07 Å². The number of carbonyl (C=O) groups excluding carboxylic acids is 1. The third-order valence-corrected chi connectivity index (χ3v) is 3.45. The van der Waals surface area contributed by atoms with Gasteiger partial charge in [0.1, 0.15) is 12.0 Å². The highest BCUT2D eigenvalue weighted by Gasteiger charge is 2.11. The van der Waals surface area contributed by atoms with E-state index in [4.69, 9.17) is 9.57 Å². The summed E-state index contributed by atoms with van der Waals surface area (Å²) in [5, 5.41) is 9.71. The monoisotopic (exact) mass is 303 g/mol. The van der Waals surface area contributed by atoms with Gasteiger partial charge in [0, 0.05) is 6.42 Å². The molecule has 2 rings (SSSR count). The van der Waals surface area contributed by atoms with Crippen molar-refractivity contribution in [3.63, 3.8) is 0 Å². The van der Waals surface area contributed by atoms with Gasteiger partial charge in [-0.3, -0.25) is 0 Å². The van der Waals surface area contributed by atoms with Crippen LogP contribution in [-0.2, 0) is 9.63 Å². The van der Waals surface area contributed by atoms with Gasteiger partial charge in [0.25, 0.3) is 0 Å². The number of aryl methyl sites for hydroxylation is 2. The second kappa shape index (κ2) is 7.77. The number of aliphatic hydroxyl groups excluding tert-OH is 1. The Kier molecular flexibility index (Phi) is 5.75. The van der Waals surface area contributed by atoms with Gasteiger partial charge in [-0.2, -0.15) is 0 Å². The molecule has 2 N–H and O–H groups in total. The van der Waals surface area contributed by atoms with Gasteiger partial charge in [0.15, 0.2) is 6.61 Å². The average Bonchev–Trinajstić information content (AvgIpc) is 2.99. The molecule has 1 atom stereocenters. The minimum absolute atomic E-state index is 0.216. The van der Waals surface area contributed by atoms with Crippen molar-refractivity contribution in [1.29, 1.82) is 0 Å². The van der Waals surface area contributed by atoms with E-state index in [1.165, 1.54) is 0 Å². The van der Waals surface area contributed by atoms with Crippen LogP contribution in [0.1, 0.15) is 24.0 Å². The number of allylic oxidation sites excluding steroid dienone is 3. The lowest BCUT2D eigenvalue weighted by molar-refractivity contribution is -0.161. The summed E-state index contributed by atoms with van der Waals surface area (Å²) in [4.78, 5) is 16.3. The quantitative estimate of drug-likeness (QED) is 0.598. The summed E-state index contributed by atoms with van der Waals surface area (Å²) in [6.07, 6.45) is 6.20. The van der Waals surface area contributed by atoms with E-state index >= 15 is 0 Å². The van der Waals surface area contributed by atoms with Gasteiger partial charge in [-0.1, -0.05) is 29.9 Å². The fourth-order valence-corrected chi connectivity index (χ4v) is 2.04. The van der Waals surface area contributed by atoms with Gasteiger partial charge in [0.2, 0.25) is 0 Å². The van der Waals surface area contributed by atoms with Crippen LogP contribution in [0.15, 0.2) is 42.0 Å². The van der Waals surface area contributed by atoms with E-state index < -0.39 is 12.2 Å². The zero-order valence-corrected chi connectivity index (χ0v) is 12.8. The van der Waals surface area contributed by atoms with Crippen LogP contribution in [0.3, 0.4) is 0 Å². The molecular formula is C17H21NO4. The van der Waals surface area contributed by atoms with Crippen LogP contribution in [0.4, 0.5) is 0 Å². The number of hydroxylamine groups is 1. The first-order chi connectivity index (χ1) is 10.5. The zero-order chi connectivity index (χ0) is 15.9. The van der Waals surface area contributed by atoms with E-state index in [-0.39, 0.29) is 6.61 Å². The van der Waals surface area contributed by atoms with Gasteiger partial charge >= 0.3 is 5.97 Å². The summed E-state index contributed by atoms with van der Waals surface area (Å²) in [5.74, 6) is 0.0265. The molecule has 118 valence electrons. The van der Waals surface area contributed by atoms with Gasteiger partial charge in [-0.15, -0.1) is 5.48 Å². The minimum Gasteiger partial charge on any atom is -0.482 e. The number of hydrogen-bond acceptors (Lipinski definition) is 5. The van der Waals surface area contributed by atoms with Crippen molar-refractivity contribution in [2.45, 2.75) is 32.9 Å². The Morgan fingerprint density at radius 1 is 1.36 bits per heavy atom. The van der Waals surface area contributed by atoms with Crippen LogP contribution in [-0.4, -0.2) is 23.9 Å². The fourth-order valence-electron chi connectivity index (χ4n) is 2.04. The lowest BCUT2D eigenvalue weighted by Crippen LogP contribution is -2.33. The van der Waals surface area contributed by atoms with Crippen molar-refractivity contribution < 1.29 is 19.5 Å². The molecule has 0 amide bonds. The lowest BCUT2D eigenvalue weighted by atomic mass is 10.1. The van der Waals surface area contributed by atoms with Gasteiger partial charge in [0.05, 0.1) is 0 Å². The minimum atomic E-state index is -0.920. The highest BCUT2D eigenvalue weighted by atomic mass is 16.7. The third-order valence-electron chi connectivity index (χ3n) is 3.45. The molecule has 0 aromatic heterocycles. The van der Waals surface area contributed by atoms with Crippen molar-refractivity contribution >= 4 is 5.97 Å². The highest BCUT2D eigenvalue weighted by molar-refractivity contribution is 5.70. The summed E-state index contributed by atoms with van der Waals surface area (Å²) in [7, 11) is 0. The normalized spacial score (nSPS) is 14.6. The highest BCUT2D eigenvalue weighted by Crippen LogP contribution is 2.17. The summed E-state index contributed by atoms with van der Waals surface area (Å²) >= 11 is 0. The topological polar surface area (TPSA) is 67.8 Å². The molecule has 1 aliphatic carbocycles. The SMILES string of the molecule is Cc1ccc(OCC(=O)ON[C@H](O)CC2=CC=CC2)cc1C. The molecule has 0 saturated heterocycles. The molecule has 0 spiro atoms. The molecule has 0 bridgehead atoms. The molecule has 0 aliphatic heterocycles. The maximum absolute atomic E-state index is 11.6. The van der Waals surface area contributed by atoms with E-state index in [1.807, 2.05) is 44.2 Å². The first-order valence-electron chi connectivity index (χ1n) is 7.22. The van der Waals surface area contributed by atoms with E-state index in [0.717, 1.165) is 23.1 Å². The molecule has 1 aromatic rings. The van der Waals surface area contributed by atoms with Crippen molar-refractivity contribution in [1.82, 2.24) is 5.48 Å². The Labute approximate surface area is 130 Å². The largest absolute Gasteiger partial charge is 0.482 e. The summed E-state index contributed by atoms with van der Waals surface area (Å²) in [6.45, 7) is 3.77. The van der Waals surface area contributed by atoms with Crippen LogP contribution < -0.4 is 10.2 Å². The number of carbonyl (C=O) groups is 1. The molecule has 5 nitrogen and oxygen atoms in total. The second-order valence-corrected chi connectivity index (χ2v) is 5.30. The van der Waals surface area contributed by atoms with E-state index in [0.29, 0.717) is 12.2 Å². The first kappa shape index (κ1) is 16.3. The van der Waals surface area contributed by atoms with Gasteiger partial charge < -0.3 is 14.7 Å². The fraction of sp³-hybridized carbons (Fsp3) is 0.353. The Hall–Kier alpha value is -2.11. The molecule has 0 unspecified atom stereocenters. The predicted molar refractivity (Wildman–Crippen MR) is 83.1 cm³/mol. The molecule has 1 aromatic carbocycles.